The van der Waals surface area contributed by atoms with Gasteiger partial charge in [-0.1, -0.05) is 97.1 Å². The highest BCUT2D eigenvalue weighted by molar-refractivity contribution is 6.13. The molecule has 5 heterocycles. The average molecular weight is 642 g/mol. The number of hydrogen-bond donors (Lipinski definition) is 0. The predicted molar refractivity (Wildman–Crippen MR) is 202 cm³/mol. The molecule has 50 heavy (non-hydrogen) atoms. The molecule has 0 aliphatic rings. The molecule has 5 aromatic heterocycles. The summed E-state index contributed by atoms with van der Waals surface area (Å²) in [5.41, 5.74) is 15.3. The van der Waals surface area contributed by atoms with Crippen molar-refractivity contribution in [2.24, 2.45) is 0 Å². The Morgan fingerprint density at radius 2 is 0.840 bits per heavy atom. The largest absolute Gasteiger partial charge is 0.453 e. The molecule has 0 N–H and O–H groups in total. The average Bonchev–Trinajstić information content (AvgIpc) is 3.78. The molecule has 5 heteroatoms. The first-order chi connectivity index (χ1) is 24.8. The summed E-state index contributed by atoms with van der Waals surface area (Å²) in [4.78, 5) is 13.9. The maximum atomic E-state index is 6.77. The van der Waals surface area contributed by atoms with Gasteiger partial charge in [-0.15, -0.1) is 0 Å². The fourth-order valence-corrected chi connectivity index (χ4v) is 7.20. The fraction of sp³-hybridized carbons (Fsp3) is 0. The van der Waals surface area contributed by atoms with E-state index in [-0.39, 0.29) is 0 Å². The Hall–Kier alpha value is -6.85. The third-order valence-corrected chi connectivity index (χ3v) is 9.54. The molecule has 234 valence electrons. The second kappa shape index (κ2) is 11.4. The van der Waals surface area contributed by atoms with E-state index >= 15 is 0 Å². The normalized spacial score (nSPS) is 11.6. The molecule has 0 radical (unpaired) electrons. The maximum absolute atomic E-state index is 6.77. The number of aromatic nitrogens is 3. The van der Waals surface area contributed by atoms with Crippen LogP contribution in [0.25, 0.3) is 99.8 Å². The van der Waals surface area contributed by atoms with Crippen molar-refractivity contribution >= 4 is 44.1 Å². The Balaban J connectivity index is 1.19. The van der Waals surface area contributed by atoms with E-state index in [9.17, 15) is 0 Å². The molecule has 10 aromatic rings. The summed E-state index contributed by atoms with van der Waals surface area (Å²) in [7, 11) is 0. The van der Waals surface area contributed by atoms with Gasteiger partial charge >= 0.3 is 0 Å². The third kappa shape index (κ3) is 4.45. The van der Waals surface area contributed by atoms with Crippen molar-refractivity contribution in [1.82, 2.24) is 15.0 Å². The van der Waals surface area contributed by atoms with E-state index in [4.69, 9.17) is 18.8 Å². The van der Waals surface area contributed by atoms with Gasteiger partial charge in [0.1, 0.15) is 22.2 Å². The Morgan fingerprint density at radius 1 is 0.320 bits per heavy atom. The smallest absolute Gasteiger partial charge is 0.161 e. The number of hydrogen-bond acceptors (Lipinski definition) is 5. The van der Waals surface area contributed by atoms with E-state index in [1.165, 1.54) is 0 Å². The van der Waals surface area contributed by atoms with Crippen LogP contribution in [0.4, 0.5) is 0 Å². The molecule has 5 aromatic carbocycles. The summed E-state index contributed by atoms with van der Waals surface area (Å²) >= 11 is 0. The van der Waals surface area contributed by atoms with Crippen molar-refractivity contribution in [3.8, 4) is 55.6 Å². The summed E-state index contributed by atoms with van der Waals surface area (Å²) in [5.74, 6) is 0. The second-order valence-electron chi connectivity index (χ2n) is 12.4. The van der Waals surface area contributed by atoms with Gasteiger partial charge in [-0.05, 0) is 75.8 Å². The summed E-state index contributed by atoms with van der Waals surface area (Å²) < 4.78 is 13.5. The van der Waals surface area contributed by atoms with Crippen LogP contribution >= 0.6 is 0 Å². The van der Waals surface area contributed by atoms with E-state index < -0.39 is 0 Å². The van der Waals surface area contributed by atoms with Crippen molar-refractivity contribution in [3.05, 3.63) is 164 Å². The van der Waals surface area contributed by atoms with E-state index in [1.807, 2.05) is 85.5 Å². The van der Waals surface area contributed by atoms with Gasteiger partial charge in [0.25, 0.3) is 0 Å². The summed E-state index contributed by atoms with van der Waals surface area (Å²) in [6, 6.07) is 47.9. The number of rotatable bonds is 5. The molecule has 10 rings (SSSR count). The molecular weight excluding hydrogens is 615 g/mol. The molecule has 0 saturated carbocycles. The molecule has 0 amide bonds. The van der Waals surface area contributed by atoms with Gasteiger partial charge in [-0.3, -0.25) is 15.0 Å². The van der Waals surface area contributed by atoms with Crippen molar-refractivity contribution in [3.63, 3.8) is 0 Å². The maximum Gasteiger partial charge on any atom is 0.161 e. The van der Waals surface area contributed by atoms with Crippen LogP contribution in [0.1, 0.15) is 0 Å². The number of para-hydroxylation sites is 2. The van der Waals surface area contributed by atoms with Gasteiger partial charge in [0.2, 0.25) is 0 Å². The van der Waals surface area contributed by atoms with Crippen molar-refractivity contribution in [1.29, 1.82) is 0 Å². The molecule has 0 bridgehead atoms. The van der Waals surface area contributed by atoms with Crippen LogP contribution in [0, 0.1) is 0 Å². The molecule has 0 spiro atoms. The zero-order valence-electron chi connectivity index (χ0n) is 26.7. The van der Waals surface area contributed by atoms with Gasteiger partial charge in [-0.25, -0.2) is 0 Å². The summed E-state index contributed by atoms with van der Waals surface area (Å²) in [6.45, 7) is 0. The minimum Gasteiger partial charge on any atom is -0.453 e. The first-order valence-electron chi connectivity index (χ1n) is 16.6. The molecule has 0 unspecified atom stereocenters. The monoisotopic (exact) mass is 641 g/mol. The van der Waals surface area contributed by atoms with Crippen molar-refractivity contribution < 1.29 is 8.83 Å². The molecule has 0 saturated heterocycles. The lowest BCUT2D eigenvalue weighted by molar-refractivity contribution is 0.670. The highest BCUT2D eigenvalue weighted by Gasteiger charge is 2.21. The van der Waals surface area contributed by atoms with E-state index in [0.29, 0.717) is 0 Å². The number of benzene rings is 5. The topological polar surface area (TPSA) is 65.0 Å². The number of nitrogens with zero attached hydrogens (tertiary/aromatic N) is 3. The minimum atomic E-state index is 0.756. The van der Waals surface area contributed by atoms with Gasteiger partial charge in [-0.2, -0.15) is 0 Å². The Bertz CT molecular complexity index is 2860. The molecule has 0 atom stereocenters. The van der Waals surface area contributed by atoms with Crippen LogP contribution in [-0.2, 0) is 0 Å². The van der Waals surface area contributed by atoms with Crippen LogP contribution in [-0.4, -0.2) is 15.0 Å². The molecular formula is C45H27N3O2. The standard InChI is InChI=1S/C45H27N3O2/c1-3-9-28(10-4-1)32-13-7-15-37-40-44(49-42(32)37)34(21-25-47-40)31-17-18-35(39(27-31)30-19-23-46-24-20-30)36-22-26-48-41-38-16-8-14-33(43(38)50-45(36)41)29-11-5-2-6-12-29/h1-27H. The Morgan fingerprint density at radius 3 is 1.44 bits per heavy atom. The number of pyridine rings is 3. The van der Waals surface area contributed by atoms with Crippen LogP contribution in [0.5, 0.6) is 0 Å². The lowest BCUT2D eigenvalue weighted by Gasteiger charge is -2.13. The van der Waals surface area contributed by atoms with Crippen LogP contribution in [0.3, 0.4) is 0 Å². The first-order valence-corrected chi connectivity index (χ1v) is 16.6. The molecule has 5 nitrogen and oxygen atoms in total. The van der Waals surface area contributed by atoms with Crippen LogP contribution in [0.15, 0.2) is 173 Å². The number of fused-ring (bicyclic) bond motifs is 6. The van der Waals surface area contributed by atoms with Gasteiger partial charge in [0.05, 0.1) is 0 Å². The van der Waals surface area contributed by atoms with Gasteiger partial charge < -0.3 is 8.83 Å². The van der Waals surface area contributed by atoms with Crippen LogP contribution < -0.4 is 0 Å². The quantitative estimate of drug-likeness (QED) is 0.187. The zero-order valence-corrected chi connectivity index (χ0v) is 26.7. The van der Waals surface area contributed by atoms with Crippen molar-refractivity contribution in [2.75, 3.05) is 0 Å². The van der Waals surface area contributed by atoms with E-state index in [1.54, 1.807) is 0 Å². The van der Waals surface area contributed by atoms with Gasteiger partial charge in [0.15, 0.2) is 11.2 Å². The summed E-state index contributed by atoms with van der Waals surface area (Å²) in [6.07, 6.45) is 7.40. The second-order valence-corrected chi connectivity index (χ2v) is 12.4. The molecule has 0 aliphatic carbocycles. The predicted octanol–water partition coefficient (Wildman–Crippen LogP) is 12.0. The SMILES string of the molecule is c1ccc(-c2cccc3c2oc2c(-c4ccc(-c5ccnc6c5oc5c(-c7ccccc7)cccc56)c(-c5ccncc5)c4)ccnc23)cc1. The van der Waals surface area contributed by atoms with Crippen molar-refractivity contribution in [2.45, 2.75) is 0 Å². The van der Waals surface area contributed by atoms with E-state index in [2.05, 4.69) is 83.8 Å². The summed E-state index contributed by atoms with van der Waals surface area (Å²) in [5, 5.41) is 1.98. The lowest BCUT2D eigenvalue weighted by atomic mass is 9.91. The Kier molecular flexibility index (Phi) is 6.42. The van der Waals surface area contributed by atoms with Gasteiger partial charge in [0, 0.05) is 57.8 Å². The number of furan rings is 2. The molecule has 0 fully saturated rings. The Labute approximate surface area is 287 Å². The highest BCUT2D eigenvalue weighted by Crippen LogP contribution is 2.44. The first kappa shape index (κ1) is 28.2. The van der Waals surface area contributed by atoms with Crippen LogP contribution in [0.2, 0.25) is 0 Å². The zero-order chi connectivity index (χ0) is 33.0. The highest BCUT2D eigenvalue weighted by atomic mass is 16.3. The molecule has 0 aliphatic heterocycles. The minimum absolute atomic E-state index is 0.756. The third-order valence-electron chi connectivity index (χ3n) is 9.54. The van der Waals surface area contributed by atoms with E-state index in [0.717, 1.165) is 99.8 Å². The lowest BCUT2D eigenvalue weighted by Crippen LogP contribution is -1.90. The fourth-order valence-electron chi connectivity index (χ4n) is 7.20.